The molecule has 7 heteroatoms. The highest BCUT2D eigenvalue weighted by atomic mass is 35.5. The molecule has 0 heterocycles. The summed E-state index contributed by atoms with van der Waals surface area (Å²) >= 11 is 11.1. The first-order chi connectivity index (χ1) is 7.26. The first-order valence-corrected chi connectivity index (χ1v) is 4.89. The Balaban J connectivity index is 3.10. The molecule has 16 heavy (non-hydrogen) atoms. The van der Waals surface area contributed by atoms with Crippen molar-refractivity contribution in [2.45, 2.75) is 18.4 Å². The molecule has 0 aromatic heterocycles. The van der Waals surface area contributed by atoms with Gasteiger partial charge in [-0.3, -0.25) is 0 Å². The SMILES string of the molecule is NC(c1ccc(Cl)cc1Cl)C(F)(F)C(F)F. The lowest BCUT2D eigenvalue weighted by Crippen LogP contribution is -2.39. The van der Waals surface area contributed by atoms with E-state index in [1.165, 1.54) is 12.1 Å². The normalized spacial score (nSPS) is 14.2. The second-order valence-corrected chi connectivity index (χ2v) is 3.96. The van der Waals surface area contributed by atoms with E-state index in [1.807, 2.05) is 0 Å². The fraction of sp³-hybridized carbons (Fsp3) is 0.333. The smallest absolute Gasteiger partial charge is 0.319 e. The van der Waals surface area contributed by atoms with Gasteiger partial charge in [-0.05, 0) is 17.7 Å². The minimum Gasteiger partial charge on any atom is -0.319 e. The second-order valence-electron chi connectivity index (χ2n) is 3.12. The van der Waals surface area contributed by atoms with Crippen molar-refractivity contribution in [3.05, 3.63) is 33.8 Å². The molecule has 1 aromatic carbocycles. The molecular formula is C9H7Cl2F4N. The average molecular weight is 276 g/mol. The summed E-state index contributed by atoms with van der Waals surface area (Å²) < 4.78 is 50.0. The van der Waals surface area contributed by atoms with Crippen molar-refractivity contribution >= 4 is 23.2 Å². The Labute approximate surface area is 99.1 Å². The Bertz CT molecular complexity index is 384. The molecule has 1 aromatic rings. The van der Waals surface area contributed by atoms with Crippen molar-refractivity contribution < 1.29 is 17.6 Å². The third-order valence-corrected chi connectivity index (χ3v) is 2.57. The number of hydrogen-bond donors (Lipinski definition) is 1. The van der Waals surface area contributed by atoms with Crippen LogP contribution in [0.5, 0.6) is 0 Å². The van der Waals surface area contributed by atoms with Gasteiger partial charge in [0.15, 0.2) is 0 Å². The van der Waals surface area contributed by atoms with Crippen molar-refractivity contribution in [1.29, 1.82) is 0 Å². The van der Waals surface area contributed by atoms with Crippen LogP contribution >= 0.6 is 23.2 Å². The van der Waals surface area contributed by atoms with Gasteiger partial charge in [0.25, 0.3) is 0 Å². The maximum atomic E-state index is 12.9. The third-order valence-electron chi connectivity index (χ3n) is 2.00. The van der Waals surface area contributed by atoms with Crippen LogP contribution in [0, 0.1) is 0 Å². The predicted octanol–water partition coefficient (Wildman–Crippen LogP) is 3.89. The fourth-order valence-corrected chi connectivity index (χ4v) is 1.62. The molecule has 0 saturated heterocycles. The van der Waals surface area contributed by atoms with Crippen LogP contribution in [-0.2, 0) is 0 Å². The van der Waals surface area contributed by atoms with E-state index in [4.69, 9.17) is 28.9 Å². The van der Waals surface area contributed by atoms with Gasteiger partial charge in [-0.15, -0.1) is 0 Å². The molecule has 1 rings (SSSR count). The highest BCUT2D eigenvalue weighted by molar-refractivity contribution is 6.35. The summed E-state index contributed by atoms with van der Waals surface area (Å²) in [6.45, 7) is 0. The van der Waals surface area contributed by atoms with Gasteiger partial charge in [-0.25, -0.2) is 8.78 Å². The molecule has 1 atom stereocenters. The van der Waals surface area contributed by atoms with Crippen LogP contribution in [0.2, 0.25) is 10.0 Å². The summed E-state index contributed by atoms with van der Waals surface area (Å²) in [4.78, 5) is 0. The molecule has 1 nitrogen and oxygen atoms in total. The lowest BCUT2D eigenvalue weighted by Gasteiger charge is -2.23. The summed E-state index contributed by atoms with van der Waals surface area (Å²) in [5.74, 6) is -4.34. The Kier molecular flexibility index (Phi) is 4.04. The quantitative estimate of drug-likeness (QED) is 0.832. The first kappa shape index (κ1) is 13.5. The largest absolute Gasteiger partial charge is 0.326 e. The van der Waals surface area contributed by atoms with Crippen molar-refractivity contribution in [3.8, 4) is 0 Å². The van der Waals surface area contributed by atoms with Crippen LogP contribution in [0.1, 0.15) is 11.6 Å². The highest BCUT2D eigenvalue weighted by Gasteiger charge is 2.48. The van der Waals surface area contributed by atoms with E-state index < -0.39 is 18.4 Å². The minimum atomic E-state index is -4.34. The van der Waals surface area contributed by atoms with Gasteiger partial charge in [0.05, 0.1) is 0 Å². The molecule has 0 spiro atoms. The van der Waals surface area contributed by atoms with Crippen LogP contribution in [-0.4, -0.2) is 12.3 Å². The minimum absolute atomic E-state index is 0.166. The summed E-state index contributed by atoms with van der Waals surface area (Å²) in [5.41, 5.74) is 4.80. The topological polar surface area (TPSA) is 26.0 Å². The zero-order valence-corrected chi connectivity index (χ0v) is 9.24. The van der Waals surface area contributed by atoms with Gasteiger partial charge in [0.2, 0.25) is 0 Å². The number of alkyl halides is 4. The van der Waals surface area contributed by atoms with E-state index in [9.17, 15) is 17.6 Å². The molecular weight excluding hydrogens is 269 g/mol. The molecule has 0 fully saturated rings. The number of benzene rings is 1. The zero-order valence-electron chi connectivity index (χ0n) is 7.73. The third kappa shape index (κ3) is 2.59. The highest BCUT2D eigenvalue weighted by Crippen LogP contribution is 2.38. The van der Waals surface area contributed by atoms with Crippen LogP contribution in [0.3, 0.4) is 0 Å². The Morgan fingerprint density at radius 1 is 1.19 bits per heavy atom. The standard InChI is InChI=1S/C9H7Cl2F4N/c10-4-1-2-5(6(11)3-4)7(16)9(14,15)8(12)13/h1-3,7-8H,16H2. The van der Waals surface area contributed by atoms with Crippen LogP contribution < -0.4 is 5.73 Å². The molecule has 90 valence electrons. The van der Waals surface area contributed by atoms with E-state index >= 15 is 0 Å². The van der Waals surface area contributed by atoms with E-state index in [-0.39, 0.29) is 15.6 Å². The molecule has 0 amide bonds. The lowest BCUT2D eigenvalue weighted by atomic mass is 10.0. The number of hydrogen-bond acceptors (Lipinski definition) is 1. The lowest BCUT2D eigenvalue weighted by molar-refractivity contribution is -0.144. The Morgan fingerprint density at radius 2 is 1.75 bits per heavy atom. The molecule has 0 aliphatic heterocycles. The number of nitrogens with two attached hydrogens (primary N) is 1. The maximum Gasteiger partial charge on any atom is 0.326 e. The molecule has 0 radical (unpaired) electrons. The first-order valence-electron chi connectivity index (χ1n) is 4.13. The van der Waals surface area contributed by atoms with Gasteiger partial charge in [0.1, 0.15) is 6.04 Å². The Hall–Kier alpha value is -0.520. The van der Waals surface area contributed by atoms with E-state index in [1.54, 1.807) is 0 Å². The number of halogens is 6. The van der Waals surface area contributed by atoms with Gasteiger partial charge in [-0.1, -0.05) is 29.3 Å². The Morgan fingerprint density at radius 3 is 2.19 bits per heavy atom. The number of rotatable bonds is 3. The van der Waals surface area contributed by atoms with Gasteiger partial charge in [-0.2, -0.15) is 8.78 Å². The van der Waals surface area contributed by atoms with Crippen molar-refractivity contribution in [3.63, 3.8) is 0 Å². The zero-order chi connectivity index (χ0) is 12.5. The summed E-state index contributed by atoms with van der Waals surface area (Å²) in [6, 6.07) is 1.35. The molecule has 0 aliphatic rings. The van der Waals surface area contributed by atoms with Crippen LogP contribution in [0.15, 0.2) is 18.2 Å². The monoisotopic (exact) mass is 275 g/mol. The fourth-order valence-electron chi connectivity index (χ4n) is 1.10. The van der Waals surface area contributed by atoms with E-state index in [0.717, 1.165) is 6.07 Å². The van der Waals surface area contributed by atoms with Crippen LogP contribution in [0.25, 0.3) is 0 Å². The van der Waals surface area contributed by atoms with Gasteiger partial charge < -0.3 is 5.73 Å². The van der Waals surface area contributed by atoms with E-state index in [0.29, 0.717) is 0 Å². The van der Waals surface area contributed by atoms with Crippen LogP contribution in [0.4, 0.5) is 17.6 Å². The molecule has 0 saturated carbocycles. The molecule has 2 N–H and O–H groups in total. The summed E-state index contributed by atoms with van der Waals surface area (Å²) in [6.07, 6.45) is -3.85. The molecule has 1 unspecified atom stereocenters. The van der Waals surface area contributed by atoms with Crippen molar-refractivity contribution in [2.24, 2.45) is 5.73 Å². The maximum absolute atomic E-state index is 12.9. The second kappa shape index (κ2) is 4.77. The van der Waals surface area contributed by atoms with Gasteiger partial charge >= 0.3 is 12.3 Å². The molecule has 0 bridgehead atoms. The van der Waals surface area contributed by atoms with E-state index in [2.05, 4.69) is 0 Å². The predicted molar refractivity (Wildman–Crippen MR) is 54.3 cm³/mol. The van der Waals surface area contributed by atoms with Gasteiger partial charge in [0, 0.05) is 10.0 Å². The van der Waals surface area contributed by atoms with Crippen molar-refractivity contribution in [1.82, 2.24) is 0 Å². The molecule has 0 aliphatic carbocycles. The summed E-state index contributed by atoms with van der Waals surface area (Å²) in [7, 11) is 0. The van der Waals surface area contributed by atoms with Crippen molar-refractivity contribution in [2.75, 3.05) is 0 Å². The summed E-state index contributed by atoms with van der Waals surface area (Å²) in [5, 5.41) is 0.0432. The average Bonchev–Trinajstić information content (AvgIpc) is 2.16.